The summed E-state index contributed by atoms with van der Waals surface area (Å²) in [7, 11) is -4.80. The fraction of sp³-hybridized carbons (Fsp3) is 0.750. The number of amides is 2. The van der Waals surface area contributed by atoms with E-state index in [1.165, 1.54) is 4.90 Å². The molecule has 4 fully saturated rings. The van der Waals surface area contributed by atoms with Crippen LogP contribution in [0.1, 0.15) is 49.6 Å². The molecular formula is C16H22N4O7S. The number of rotatable bonds is 4. The van der Waals surface area contributed by atoms with Crippen molar-refractivity contribution in [1.82, 2.24) is 20.4 Å². The van der Waals surface area contributed by atoms with Gasteiger partial charge in [0.15, 0.2) is 5.76 Å². The average Bonchev–Trinajstić information content (AvgIpc) is 3.11. The Morgan fingerprint density at radius 3 is 2.64 bits per heavy atom. The molecule has 1 aromatic heterocycles. The highest BCUT2D eigenvalue weighted by molar-refractivity contribution is 7.80. The summed E-state index contributed by atoms with van der Waals surface area (Å²) in [4.78, 5) is 14.3. The van der Waals surface area contributed by atoms with Crippen LogP contribution in [0, 0.1) is 5.41 Å². The summed E-state index contributed by atoms with van der Waals surface area (Å²) >= 11 is 0. The Morgan fingerprint density at radius 2 is 2.00 bits per heavy atom. The minimum absolute atomic E-state index is 0.261. The number of carbonyl (C=O) groups is 1. The SMILES string of the molecule is O=C1N2C[C@H](N1OS(=O)(=O)O)C1(CC1)C[C@H]2c1cc(C2(O)CCNCC2)on1. The maximum absolute atomic E-state index is 12.8. The van der Waals surface area contributed by atoms with Gasteiger partial charge in [-0.1, -0.05) is 5.16 Å². The van der Waals surface area contributed by atoms with Crippen LogP contribution >= 0.6 is 0 Å². The highest BCUT2D eigenvalue weighted by Gasteiger charge is 2.64. The minimum atomic E-state index is -4.80. The highest BCUT2D eigenvalue weighted by atomic mass is 32.3. The van der Waals surface area contributed by atoms with Gasteiger partial charge in [0.2, 0.25) is 0 Å². The first-order valence-corrected chi connectivity index (χ1v) is 10.7. The highest BCUT2D eigenvalue weighted by Crippen LogP contribution is 2.62. The van der Waals surface area contributed by atoms with Gasteiger partial charge in [-0.3, -0.25) is 4.55 Å². The molecule has 12 heteroatoms. The van der Waals surface area contributed by atoms with E-state index >= 15 is 0 Å². The van der Waals surface area contributed by atoms with E-state index in [2.05, 4.69) is 14.8 Å². The smallest absolute Gasteiger partial charge is 0.382 e. The molecule has 3 aliphatic heterocycles. The van der Waals surface area contributed by atoms with Crippen molar-refractivity contribution in [2.75, 3.05) is 19.6 Å². The van der Waals surface area contributed by atoms with Crippen molar-refractivity contribution in [2.45, 2.75) is 49.8 Å². The topological polar surface area (TPSA) is 145 Å². The van der Waals surface area contributed by atoms with Gasteiger partial charge >= 0.3 is 16.4 Å². The van der Waals surface area contributed by atoms with Crippen molar-refractivity contribution in [2.24, 2.45) is 5.41 Å². The fourth-order valence-corrected chi connectivity index (χ4v) is 5.20. The normalized spacial score (nSPS) is 30.9. The molecule has 28 heavy (non-hydrogen) atoms. The molecule has 1 aliphatic carbocycles. The Bertz CT molecular complexity index is 906. The van der Waals surface area contributed by atoms with Gasteiger partial charge in [0.25, 0.3) is 0 Å². The summed E-state index contributed by atoms with van der Waals surface area (Å²) in [5, 5.41) is 18.9. The van der Waals surface area contributed by atoms with Crippen LogP contribution in [-0.2, 0) is 20.3 Å². The molecule has 0 unspecified atom stereocenters. The van der Waals surface area contributed by atoms with E-state index in [9.17, 15) is 18.3 Å². The number of aliphatic hydroxyl groups is 1. The molecule has 4 heterocycles. The molecule has 5 rings (SSSR count). The largest absolute Gasteiger partial charge is 0.418 e. The summed E-state index contributed by atoms with van der Waals surface area (Å²) in [6.07, 6.45) is 3.29. The summed E-state index contributed by atoms with van der Waals surface area (Å²) in [5.74, 6) is 0.383. The van der Waals surface area contributed by atoms with E-state index in [-0.39, 0.29) is 12.0 Å². The van der Waals surface area contributed by atoms with Crippen molar-refractivity contribution >= 4 is 16.4 Å². The molecule has 1 saturated carbocycles. The van der Waals surface area contributed by atoms with Crippen LogP contribution in [0.2, 0.25) is 0 Å². The molecule has 4 aliphatic rings. The van der Waals surface area contributed by atoms with Gasteiger partial charge in [-0.2, -0.15) is 13.5 Å². The zero-order valence-corrected chi connectivity index (χ0v) is 15.9. The first kappa shape index (κ1) is 18.3. The Labute approximate surface area is 161 Å². The quantitative estimate of drug-likeness (QED) is 0.593. The molecule has 2 bridgehead atoms. The summed E-state index contributed by atoms with van der Waals surface area (Å²) in [5.41, 5.74) is -0.808. The molecule has 3 N–H and O–H groups in total. The van der Waals surface area contributed by atoms with Gasteiger partial charge in [-0.15, -0.1) is 4.28 Å². The zero-order chi connectivity index (χ0) is 19.7. The second-order valence-electron chi connectivity index (χ2n) is 8.26. The zero-order valence-electron chi connectivity index (χ0n) is 15.1. The number of hydrogen-bond acceptors (Lipinski definition) is 8. The lowest BCUT2D eigenvalue weighted by Gasteiger charge is -2.35. The predicted octanol–water partition coefficient (Wildman–Crippen LogP) is 0.311. The van der Waals surface area contributed by atoms with E-state index in [1.807, 2.05) is 0 Å². The van der Waals surface area contributed by atoms with Crippen molar-refractivity contribution in [3.63, 3.8) is 0 Å². The molecule has 2 atom stereocenters. The lowest BCUT2D eigenvalue weighted by atomic mass is 9.83. The maximum Gasteiger partial charge on any atom is 0.418 e. The number of fused-ring (bicyclic) bond motifs is 3. The van der Waals surface area contributed by atoms with Crippen molar-refractivity contribution in [1.29, 1.82) is 0 Å². The fourth-order valence-electron chi connectivity index (χ4n) is 4.83. The molecule has 154 valence electrons. The predicted molar refractivity (Wildman–Crippen MR) is 91.9 cm³/mol. The average molecular weight is 414 g/mol. The van der Waals surface area contributed by atoms with Gasteiger partial charge in [0.1, 0.15) is 11.3 Å². The first-order valence-electron chi connectivity index (χ1n) is 9.38. The van der Waals surface area contributed by atoms with E-state index < -0.39 is 34.1 Å². The van der Waals surface area contributed by atoms with E-state index in [1.54, 1.807) is 6.07 Å². The second kappa shape index (κ2) is 5.89. The Hall–Kier alpha value is -1.73. The van der Waals surface area contributed by atoms with Gasteiger partial charge in [0, 0.05) is 12.6 Å². The molecule has 11 nitrogen and oxygen atoms in total. The Morgan fingerprint density at radius 1 is 1.29 bits per heavy atom. The number of piperidine rings is 2. The molecule has 2 amide bonds. The van der Waals surface area contributed by atoms with E-state index in [0.717, 1.165) is 17.9 Å². The lowest BCUT2D eigenvalue weighted by molar-refractivity contribution is -0.0527. The summed E-state index contributed by atoms with van der Waals surface area (Å²) < 4.78 is 41.4. The third kappa shape index (κ3) is 2.82. The monoisotopic (exact) mass is 414 g/mol. The van der Waals surface area contributed by atoms with Crippen LogP contribution in [0.25, 0.3) is 0 Å². The van der Waals surface area contributed by atoms with Crippen LogP contribution in [0.5, 0.6) is 0 Å². The van der Waals surface area contributed by atoms with Gasteiger partial charge in [-0.25, -0.2) is 4.79 Å². The molecule has 3 saturated heterocycles. The number of hydrogen-bond donors (Lipinski definition) is 3. The summed E-state index contributed by atoms with van der Waals surface area (Å²) in [6, 6.07) is 0.246. The number of nitrogens with zero attached hydrogens (tertiary/aromatic N) is 3. The molecular weight excluding hydrogens is 392 g/mol. The van der Waals surface area contributed by atoms with Crippen LogP contribution in [-0.4, -0.2) is 64.9 Å². The molecule has 1 aromatic rings. The van der Waals surface area contributed by atoms with Gasteiger partial charge < -0.3 is 19.8 Å². The number of urea groups is 1. The number of carbonyl (C=O) groups excluding carboxylic acids is 1. The van der Waals surface area contributed by atoms with E-state index in [0.29, 0.717) is 43.8 Å². The lowest BCUT2D eigenvalue weighted by Crippen LogP contribution is -2.43. The third-order valence-corrected chi connectivity index (χ3v) is 6.94. The number of nitrogens with one attached hydrogen (secondary N) is 1. The first-order chi connectivity index (χ1) is 13.2. The van der Waals surface area contributed by atoms with Crippen LogP contribution in [0.3, 0.4) is 0 Å². The number of aromatic nitrogens is 1. The molecule has 1 spiro atoms. The van der Waals surface area contributed by atoms with Crippen molar-refractivity contribution < 1.29 is 31.7 Å². The van der Waals surface area contributed by atoms with Crippen molar-refractivity contribution in [3.8, 4) is 0 Å². The van der Waals surface area contributed by atoms with Crippen LogP contribution in [0.15, 0.2) is 10.6 Å². The Kier molecular flexibility index (Phi) is 3.85. The minimum Gasteiger partial charge on any atom is -0.382 e. The van der Waals surface area contributed by atoms with Gasteiger partial charge in [-0.05, 0) is 50.6 Å². The third-order valence-electron chi connectivity index (χ3n) is 6.60. The maximum atomic E-state index is 12.8. The molecule has 0 aromatic carbocycles. The standard InChI is InChI=1S/C16H22N4O7S/c21-14-19-9-12(20(14)27-28(23,24)25)15(1-2-15)8-11(19)10-7-13(26-18-10)16(22)3-5-17-6-4-16/h7,11-12,17,22H,1-6,8-9H2,(H,23,24,25)/t11-,12-/m0/s1. The van der Waals surface area contributed by atoms with Gasteiger partial charge in [0.05, 0.1) is 12.1 Å². The number of hydroxylamine groups is 2. The van der Waals surface area contributed by atoms with Crippen LogP contribution < -0.4 is 5.32 Å². The molecule has 0 radical (unpaired) electrons. The Balaban J connectivity index is 1.44. The van der Waals surface area contributed by atoms with Crippen LogP contribution in [0.4, 0.5) is 4.79 Å². The summed E-state index contributed by atoms with van der Waals surface area (Å²) in [6.45, 7) is 1.63. The van der Waals surface area contributed by atoms with Crippen molar-refractivity contribution in [3.05, 3.63) is 17.5 Å². The second-order valence-corrected chi connectivity index (χ2v) is 9.26. The van der Waals surface area contributed by atoms with E-state index in [4.69, 9.17) is 9.08 Å².